The van der Waals surface area contributed by atoms with E-state index < -0.39 is 113 Å². The Balaban J connectivity index is 1.11. The number of nitrogens with one attached hydrogen (secondary N) is 5. The normalized spacial score (nSPS) is 24.2. The van der Waals surface area contributed by atoms with E-state index in [1.54, 1.807) is 94.2 Å². The number of esters is 1. The lowest BCUT2D eigenvalue weighted by Gasteiger charge is -2.37. The summed E-state index contributed by atoms with van der Waals surface area (Å²) in [5.74, 6) is -5.34. The van der Waals surface area contributed by atoms with E-state index in [9.17, 15) is 24.0 Å². The van der Waals surface area contributed by atoms with Crippen molar-refractivity contribution >= 4 is 64.1 Å². The summed E-state index contributed by atoms with van der Waals surface area (Å²) >= 11 is 0. The van der Waals surface area contributed by atoms with Gasteiger partial charge in [-0.2, -0.15) is 0 Å². The molecule has 0 unspecified atom stereocenters. The summed E-state index contributed by atoms with van der Waals surface area (Å²) in [6, 6.07) is 19.1. The van der Waals surface area contributed by atoms with Gasteiger partial charge in [0.05, 0.1) is 44.5 Å². The number of carbonyl (C=O) groups is 9. The number of nitrogens with two attached hydrogens (primary N) is 1. The number of rotatable bonds is 8. The highest BCUT2D eigenvalue weighted by atomic mass is 19.1. The fraction of sp³-hybridized carbons (Fsp3) is 0.486. The Hall–Kier alpha value is -9.00. The largest absolute Gasteiger partial charge is 0.497 e. The molecular weight excluding hydrogens is 1230 g/mol. The predicted octanol–water partition coefficient (Wildman–Crippen LogP) is 4.79. The average Bonchev–Trinajstić information content (AvgIpc) is 1.61. The van der Waals surface area contributed by atoms with Crippen LogP contribution < -0.4 is 37.1 Å². The number of fused-ring (bicyclic) bond motifs is 20. The molecule has 24 heteroatoms. The molecule has 8 atom stereocenters. The zero-order valence-electron chi connectivity index (χ0n) is 55.9. The summed E-state index contributed by atoms with van der Waals surface area (Å²) in [6.07, 6.45) is 5.46. The van der Waals surface area contributed by atoms with Gasteiger partial charge in [0.1, 0.15) is 47.9 Å². The molecule has 2 saturated heterocycles. The molecule has 1 aromatic heterocycles. The molecule has 10 bridgehead atoms. The van der Waals surface area contributed by atoms with Gasteiger partial charge in [0.15, 0.2) is 0 Å². The zero-order valence-corrected chi connectivity index (χ0v) is 55.9. The van der Waals surface area contributed by atoms with Gasteiger partial charge in [0.25, 0.3) is 0 Å². The van der Waals surface area contributed by atoms with Gasteiger partial charge in [-0.05, 0) is 143 Å². The van der Waals surface area contributed by atoms with Crippen LogP contribution in [0.25, 0.3) is 10.9 Å². The Morgan fingerprint density at radius 1 is 0.792 bits per heavy atom. The number of nitrogens with zero attached hydrogens (tertiary/aromatic N) is 4. The number of benzene rings is 4. The van der Waals surface area contributed by atoms with E-state index in [4.69, 9.17) is 24.7 Å². The number of carbonyl (C=O) groups excluding carboxylic acids is 9. The van der Waals surface area contributed by atoms with Crippen LogP contribution in [0.15, 0.2) is 109 Å². The van der Waals surface area contributed by atoms with Crippen LogP contribution in [0.2, 0.25) is 0 Å². The van der Waals surface area contributed by atoms with Crippen molar-refractivity contribution in [3.8, 4) is 5.75 Å². The lowest BCUT2D eigenvalue weighted by molar-refractivity contribution is -0.149. The second-order valence-electron chi connectivity index (χ2n) is 26.5. The Morgan fingerprint density at radius 3 is 2.28 bits per heavy atom. The van der Waals surface area contributed by atoms with E-state index in [-0.39, 0.29) is 77.2 Å². The van der Waals surface area contributed by atoms with Crippen LogP contribution in [0.5, 0.6) is 5.75 Å². The molecule has 7 N–H and O–H groups in total. The first kappa shape index (κ1) is 71.3. The number of hydrogen-bond donors (Lipinski definition) is 6. The van der Waals surface area contributed by atoms with Gasteiger partial charge < -0.3 is 70.5 Å². The van der Waals surface area contributed by atoms with Gasteiger partial charge >= 0.3 is 5.97 Å². The Kier molecular flexibility index (Phi) is 23.9. The average molecular weight is 1320 g/mol. The van der Waals surface area contributed by atoms with Gasteiger partial charge in [-0.3, -0.25) is 43.2 Å². The lowest BCUT2D eigenvalue weighted by Crippen LogP contribution is -2.64. The summed E-state index contributed by atoms with van der Waals surface area (Å²) < 4.78 is 40.4. The Labute approximate surface area is 559 Å². The zero-order chi connectivity index (χ0) is 68.8. The number of amides is 8. The van der Waals surface area contributed by atoms with Gasteiger partial charge in [-0.15, -0.1) is 0 Å². The number of methoxy groups -OCH3 is 2. The van der Waals surface area contributed by atoms with Crippen LogP contribution in [0.4, 0.5) is 4.39 Å². The highest BCUT2D eigenvalue weighted by molar-refractivity contribution is 5.99. The van der Waals surface area contributed by atoms with E-state index in [1.165, 1.54) is 36.2 Å². The smallest absolute Gasteiger partial charge is 0.306 e. The maximum atomic E-state index is 15.8. The van der Waals surface area contributed by atoms with E-state index in [0.29, 0.717) is 84.1 Å². The molecule has 0 radical (unpaired) electrons. The molecule has 4 aromatic carbocycles. The van der Waals surface area contributed by atoms with Crippen LogP contribution in [-0.4, -0.2) is 173 Å². The summed E-state index contributed by atoms with van der Waals surface area (Å²) in [4.78, 5) is 135. The highest BCUT2D eigenvalue weighted by Gasteiger charge is 2.50. The molecule has 6 heterocycles. The highest BCUT2D eigenvalue weighted by Crippen LogP contribution is 2.32. The lowest BCUT2D eigenvalue weighted by atomic mass is 9.95. The number of allylic oxidation sites excluding steroid dienone is 2. The van der Waals surface area contributed by atoms with Crippen molar-refractivity contribution in [2.75, 3.05) is 47.0 Å². The molecule has 23 nitrogen and oxygen atoms in total. The van der Waals surface area contributed by atoms with Gasteiger partial charge in [-0.25, -0.2) is 4.39 Å². The summed E-state index contributed by atoms with van der Waals surface area (Å²) in [6.45, 7) is 9.41. The molecule has 5 aliphatic heterocycles. The van der Waals surface area contributed by atoms with Crippen LogP contribution >= 0.6 is 0 Å². The van der Waals surface area contributed by atoms with Crippen molar-refractivity contribution in [1.82, 2.24) is 45.9 Å². The number of hydrogen-bond acceptors (Lipinski definition) is 14. The third-order valence-corrected chi connectivity index (χ3v) is 18.2. The minimum atomic E-state index is -1.57. The molecule has 0 aliphatic carbocycles. The number of aromatic nitrogens is 1. The van der Waals surface area contributed by atoms with Crippen LogP contribution in [0.3, 0.4) is 0 Å². The van der Waals surface area contributed by atoms with E-state index >= 15 is 23.6 Å². The van der Waals surface area contributed by atoms with Crippen molar-refractivity contribution in [3.05, 3.63) is 149 Å². The summed E-state index contributed by atoms with van der Waals surface area (Å²) in [5, 5.41) is 15.1. The SMILES string of the molecule is COC(=O)CCC(=O)N1CCC/C=C/Cn2cc(c3cc(F)ccc32)C[C@@H]2NC(=O)[C@@H](N)Cc3cccc(c3)CNC(=O)CO[C@H]3CCN(C2=O)[C@@H]3C(=O)N[C@@H]([C@@H](C)OC(C)(C)C)C(=O)N[C@@H](Cc2ccc(OC)cc2)C(=O)N2CCC[C@@]2(C)C(=O)NCCc2ccc(cc2)C1. The first-order chi connectivity index (χ1) is 45.9. The van der Waals surface area contributed by atoms with E-state index in [2.05, 4.69) is 26.6 Å². The van der Waals surface area contributed by atoms with Gasteiger partial charge in [0, 0.05) is 82.2 Å². The molecule has 0 spiro atoms. The summed E-state index contributed by atoms with van der Waals surface area (Å²) in [5.41, 5.74) is 9.31. The third-order valence-electron chi connectivity index (χ3n) is 18.2. The summed E-state index contributed by atoms with van der Waals surface area (Å²) in [7, 11) is 2.80. The minimum absolute atomic E-state index is 0.0262. The Morgan fingerprint density at radius 2 is 1.54 bits per heavy atom. The molecule has 0 saturated carbocycles. The number of ether oxygens (including phenoxy) is 4. The van der Waals surface area contributed by atoms with E-state index in [1.807, 2.05) is 47.1 Å². The second-order valence-corrected chi connectivity index (χ2v) is 26.5. The molecule has 5 aliphatic rings. The molecule has 10 rings (SSSR count). The topological polar surface area (TPSA) is 291 Å². The minimum Gasteiger partial charge on any atom is -0.497 e. The molecular formula is C72H91FN10O13. The third kappa shape index (κ3) is 18.3. The van der Waals surface area contributed by atoms with Crippen molar-refractivity contribution in [2.24, 2.45) is 5.73 Å². The maximum absolute atomic E-state index is 15.8. The van der Waals surface area contributed by atoms with Crippen LogP contribution in [0.1, 0.15) is 113 Å². The monoisotopic (exact) mass is 1320 g/mol. The van der Waals surface area contributed by atoms with Crippen molar-refractivity contribution in [2.45, 2.75) is 178 Å². The fourth-order valence-electron chi connectivity index (χ4n) is 13.2. The van der Waals surface area contributed by atoms with Gasteiger partial charge in [-0.1, -0.05) is 72.8 Å². The van der Waals surface area contributed by atoms with Crippen molar-refractivity contribution in [1.29, 1.82) is 0 Å². The number of halogens is 1. The molecule has 8 amide bonds. The predicted molar refractivity (Wildman–Crippen MR) is 356 cm³/mol. The standard InChI is InChI=1S/C72H91FN10O13/c1-45(96-71(2,3)4)63-66(88)78-56(38-47-20-23-53(93-6)24-21-47)69(91)83-34-13-30-72(83,5)70(92)75-31-28-46-16-18-48(19-17-46)42-81(61(85)26-27-62(86)94-7)33-11-9-8-10-32-80-43-51(54-40-52(73)22-25-58(54)80)39-57-68(90)82-35-29-59(64(82)67(89)79-63)95-44-60(84)76-41-50-15-12-14-49(36-50)37-55(74)65(87)77-57/h8,10,12,14-25,36,40,43,45,55-57,59,63-64H,9,11,13,26-35,37-39,41-42,44,74H2,1-7H3,(H,75,92)(H,76,84)(H,77,87)(H,78,88)(H,79,89)/b10-8+/t45-,55+,56+,57+,59+,63+,64+,72+/m1/s1. The van der Waals surface area contributed by atoms with E-state index in [0.717, 1.165) is 11.1 Å². The first-order valence-corrected chi connectivity index (χ1v) is 33.1. The van der Waals surface area contributed by atoms with Crippen molar-refractivity contribution in [3.63, 3.8) is 0 Å². The second kappa shape index (κ2) is 32.2. The molecule has 514 valence electrons. The molecule has 2 fully saturated rings. The molecule has 96 heavy (non-hydrogen) atoms. The van der Waals surface area contributed by atoms with Gasteiger partial charge in [0.2, 0.25) is 47.3 Å². The molecule has 5 aromatic rings. The van der Waals surface area contributed by atoms with Crippen LogP contribution in [0, 0.1) is 5.82 Å². The Bertz CT molecular complexity index is 3670. The fourth-order valence-corrected chi connectivity index (χ4v) is 13.2. The van der Waals surface area contributed by atoms with Crippen LogP contribution in [-0.2, 0) is 103 Å². The maximum Gasteiger partial charge on any atom is 0.306 e. The first-order valence-electron chi connectivity index (χ1n) is 33.1. The quantitative estimate of drug-likeness (QED) is 0.0900. The van der Waals surface area contributed by atoms with Crippen molar-refractivity contribution < 1.29 is 66.5 Å².